The van der Waals surface area contributed by atoms with Crippen molar-refractivity contribution in [3.8, 4) is 0 Å². The summed E-state index contributed by atoms with van der Waals surface area (Å²) in [4.78, 5) is 16.8. The Balaban J connectivity index is 1.91. The summed E-state index contributed by atoms with van der Waals surface area (Å²) in [6.07, 6.45) is 1.41. The zero-order chi connectivity index (χ0) is 18.7. The quantitative estimate of drug-likeness (QED) is 0.630. The molecule has 1 aliphatic rings. The van der Waals surface area contributed by atoms with Crippen LogP contribution < -0.4 is 5.32 Å². The standard InChI is InChI=1S/C18H21FN4O3/c1-11(2)25-8-9-26-17(24)15-12(3)22-18-20-10-21-23(18)16(15)13-6-4-5-7-14(13)19/h4-7,10-11,16H,8-9H2,1-3H3,(H,20,21,22). The molecule has 138 valence electrons. The number of nitrogens with zero attached hydrogens (tertiary/aromatic N) is 3. The second-order valence-electron chi connectivity index (χ2n) is 6.17. The number of carbonyl (C=O) groups excluding carboxylic acids is 1. The van der Waals surface area contributed by atoms with E-state index in [1.807, 2.05) is 13.8 Å². The first kappa shape index (κ1) is 18.1. The van der Waals surface area contributed by atoms with E-state index in [0.29, 0.717) is 23.8 Å². The molecule has 1 aliphatic heterocycles. The average Bonchev–Trinajstić information content (AvgIpc) is 3.05. The molecule has 0 aliphatic carbocycles. The normalized spacial score (nSPS) is 16.4. The van der Waals surface area contributed by atoms with Gasteiger partial charge in [0.2, 0.25) is 5.95 Å². The minimum Gasteiger partial charge on any atom is -0.460 e. The summed E-state index contributed by atoms with van der Waals surface area (Å²) in [5.41, 5.74) is 1.16. The van der Waals surface area contributed by atoms with E-state index in [4.69, 9.17) is 9.47 Å². The predicted molar refractivity (Wildman–Crippen MR) is 92.9 cm³/mol. The number of halogens is 1. The van der Waals surface area contributed by atoms with E-state index in [9.17, 15) is 9.18 Å². The van der Waals surface area contributed by atoms with E-state index in [2.05, 4.69) is 15.4 Å². The molecule has 0 saturated heterocycles. The highest BCUT2D eigenvalue weighted by Gasteiger charge is 2.35. The zero-order valence-corrected chi connectivity index (χ0v) is 14.9. The molecule has 2 heterocycles. The maximum absolute atomic E-state index is 14.5. The number of anilines is 1. The largest absolute Gasteiger partial charge is 0.460 e. The fraction of sp³-hybridized carbons (Fsp3) is 0.389. The van der Waals surface area contributed by atoms with Gasteiger partial charge in [0.1, 0.15) is 24.8 Å². The Hall–Kier alpha value is -2.74. The number of nitrogens with one attached hydrogen (secondary N) is 1. The highest BCUT2D eigenvalue weighted by atomic mass is 19.1. The molecule has 0 saturated carbocycles. The molecule has 0 spiro atoms. The number of aromatic nitrogens is 3. The molecule has 3 rings (SSSR count). The van der Waals surface area contributed by atoms with Gasteiger partial charge >= 0.3 is 5.97 Å². The number of fused-ring (bicyclic) bond motifs is 1. The minimum absolute atomic E-state index is 0.0508. The first-order valence-electron chi connectivity index (χ1n) is 8.39. The fourth-order valence-electron chi connectivity index (χ4n) is 2.84. The van der Waals surface area contributed by atoms with E-state index in [1.165, 1.54) is 17.1 Å². The van der Waals surface area contributed by atoms with Gasteiger partial charge in [0.25, 0.3) is 0 Å². The molecule has 1 unspecified atom stereocenters. The summed E-state index contributed by atoms with van der Waals surface area (Å²) in [5, 5.41) is 7.17. The van der Waals surface area contributed by atoms with E-state index in [1.54, 1.807) is 25.1 Å². The molecule has 0 amide bonds. The topological polar surface area (TPSA) is 78.3 Å². The number of carbonyl (C=O) groups is 1. The van der Waals surface area contributed by atoms with Crippen molar-refractivity contribution < 1.29 is 18.7 Å². The van der Waals surface area contributed by atoms with Crippen LogP contribution in [0.4, 0.5) is 10.3 Å². The van der Waals surface area contributed by atoms with Gasteiger partial charge in [-0.25, -0.2) is 13.9 Å². The second kappa shape index (κ2) is 7.65. The van der Waals surface area contributed by atoms with Crippen molar-refractivity contribution in [2.24, 2.45) is 0 Å². The van der Waals surface area contributed by atoms with Gasteiger partial charge in [0.15, 0.2) is 0 Å². The number of rotatable bonds is 6. The summed E-state index contributed by atoms with van der Waals surface area (Å²) in [5.74, 6) is -0.533. The lowest BCUT2D eigenvalue weighted by atomic mass is 9.95. The smallest absolute Gasteiger partial charge is 0.338 e. The molecular formula is C18H21FN4O3. The van der Waals surface area contributed by atoms with Crippen LogP contribution in [0.25, 0.3) is 0 Å². The SMILES string of the molecule is CC1=C(C(=O)OCCOC(C)C)C(c2ccccc2F)n2ncnc2N1. The number of allylic oxidation sites excluding steroid dienone is 1. The highest BCUT2D eigenvalue weighted by molar-refractivity contribution is 5.92. The van der Waals surface area contributed by atoms with Gasteiger partial charge in [-0.3, -0.25) is 0 Å². The van der Waals surface area contributed by atoms with Gasteiger partial charge in [-0.2, -0.15) is 10.1 Å². The first-order chi connectivity index (χ1) is 12.5. The summed E-state index contributed by atoms with van der Waals surface area (Å²) in [6, 6.07) is 5.53. The van der Waals surface area contributed by atoms with E-state index in [0.717, 1.165) is 0 Å². The fourth-order valence-corrected chi connectivity index (χ4v) is 2.84. The molecule has 0 bridgehead atoms. The van der Waals surface area contributed by atoms with Gasteiger partial charge in [-0.15, -0.1) is 0 Å². The molecule has 26 heavy (non-hydrogen) atoms. The van der Waals surface area contributed by atoms with Gasteiger partial charge in [-0.05, 0) is 26.8 Å². The molecule has 7 nitrogen and oxygen atoms in total. The van der Waals surface area contributed by atoms with E-state index >= 15 is 0 Å². The van der Waals surface area contributed by atoms with Crippen LogP contribution >= 0.6 is 0 Å². The van der Waals surface area contributed by atoms with Crippen LogP contribution in [0.5, 0.6) is 0 Å². The maximum Gasteiger partial charge on any atom is 0.338 e. The summed E-state index contributed by atoms with van der Waals surface area (Å²) in [6.45, 7) is 5.94. The van der Waals surface area contributed by atoms with Crippen molar-refractivity contribution in [3.63, 3.8) is 0 Å². The zero-order valence-electron chi connectivity index (χ0n) is 14.9. The maximum atomic E-state index is 14.5. The van der Waals surface area contributed by atoms with Gasteiger partial charge in [0, 0.05) is 11.3 Å². The Morgan fingerprint density at radius 3 is 2.85 bits per heavy atom. The number of hydrogen-bond acceptors (Lipinski definition) is 6. The third kappa shape index (κ3) is 3.60. The number of benzene rings is 1. The Bertz CT molecular complexity index is 831. The predicted octanol–water partition coefficient (Wildman–Crippen LogP) is 2.67. The van der Waals surface area contributed by atoms with Crippen LogP contribution in [0.15, 0.2) is 41.9 Å². The van der Waals surface area contributed by atoms with Crippen molar-refractivity contribution in [2.75, 3.05) is 18.5 Å². The lowest BCUT2D eigenvalue weighted by Crippen LogP contribution is -2.30. The lowest BCUT2D eigenvalue weighted by molar-refractivity contribution is -0.141. The molecule has 1 N–H and O–H groups in total. The Kier molecular flexibility index (Phi) is 5.32. The van der Waals surface area contributed by atoms with E-state index < -0.39 is 17.8 Å². The summed E-state index contributed by atoms with van der Waals surface area (Å²) < 4.78 is 26.7. The lowest BCUT2D eigenvalue weighted by Gasteiger charge is -2.28. The molecule has 1 atom stereocenters. The van der Waals surface area contributed by atoms with Gasteiger partial charge in [0.05, 0.1) is 18.3 Å². The van der Waals surface area contributed by atoms with Crippen LogP contribution in [0, 0.1) is 5.82 Å². The van der Waals surface area contributed by atoms with Crippen molar-refractivity contribution in [1.29, 1.82) is 0 Å². The van der Waals surface area contributed by atoms with Crippen LogP contribution in [-0.4, -0.2) is 40.1 Å². The molecule has 0 radical (unpaired) electrons. The van der Waals surface area contributed by atoms with Crippen LogP contribution in [0.2, 0.25) is 0 Å². The van der Waals surface area contributed by atoms with Crippen molar-refractivity contribution in [1.82, 2.24) is 14.8 Å². The monoisotopic (exact) mass is 360 g/mol. The average molecular weight is 360 g/mol. The molecule has 2 aromatic rings. The second-order valence-corrected chi connectivity index (χ2v) is 6.17. The number of ether oxygens (including phenoxy) is 2. The van der Waals surface area contributed by atoms with Crippen LogP contribution in [0.3, 0.4) is 0 Å². The summed E-state index contributed by atoms with van der Waals surface area (Å²) in [7, 11) is 0. The highest BCUT2D eigenvalue weighted by Crippen LogP contribution is 2.36. The minimum atomic E-state index is -0.756. The third-order valence-corrected chi connectivity index (χ3v) is 3.98. The molecule has 1 aromatic heterocycles. The molecule has 0 fully saturated rings. The molecular weight excluding hydrogens is 339 g/mol. The number of hydrogen-bond donors (Lipinski definition) is 1. The van der Waals surface area contributed by atoms with Gasteiger partial charge in [-0.1, -0.05) is 18.2 Å². The Labute approximate surface area is 150 Å². The first-order valence-corrected chi connectivity index (χ1v) is 8.39. The van der Waals surface area contributed by atoms with Crippen LogP contribution in [-0.2, 0) is 14.3 Å². The van der Waals surface area contributed by atoms with Gasteiger partial charge < -0.3 is 14.8 Å². The van der Waals surface area contributed by atoms with Crippen molar-refractivity contribution in [3.05, 3.63) is 53.2 Å². The third-order valence-electron chi connectivity index (χ3n) is 3.98. The Morgan fingerprint density at radius 1 is 1.35 bits per heavy atom. The Morgan fingerprint density at radius 2 is 2.12 bits per heavy atom. The van der Waals surface area contributed by atoms with Crippen molar-refractivity contribution >= 4 is 11.9 Å². The van der Waals surface area contributed by atoms with E-state index in [-0.39, 0.29) is 18.3 Å². The summed E-state index contributed by atoms with van der Waals surface area (Å²) >= 11 is 0. The number of esters is 1. The van der Waals surface area contributed by atoms with Crippen molar-refractivity contribution in [2.45, 2.75) is 32.9 Å². The molecule has 8 heteroatoms. The molecule has 1 aromatic carbocycles. The van der Waals surface area contributed by atoms with Crippen LogP contribution in [0.1, 0.15) is 32.4 Å².